The number of carbonyl (C=O) groups excluding carboxylic acids is 1. The van der Waals surface area contributed by atoms with E-state index in [1.807, 2.05) is 49.4 Å². The fourth-order valence-corrected chi connectivity index (χ4v) is 4.62. The molecule has 1 aliphatic rings. The highest BCUT2D eigenvalue weighted by atomic mass is 79.9. The highest BCUT2D eigenvalue weighted by molar-refractivity contribution is 9.10. The number of rotatable bonds is 4. The van der Waals surface area contributed by atoms with Crippen molar-refractivity contribution in [2.75, 3.05) is 18.1 Å². The van der Waals surface area contributed by atoms with E-state index in [1.165, 1.54) is 11.3 Å². The third-order valence-electron chi connectivity index (χ3n) is 4.52. The summed E-state index contributed by atoms with van der Waals surface area (Å²) in [6.45, 7) is 3.32. The predicted molar refractivity (Wildman–Crippen MR) is 109 cm³/mol. The van der Waals surface area contributed by atoms with Gasteiger partial charge in [0.15, 0.2) is 5.13 Å². The maximum atomic E-state index is 13.2. The van der Waals surface area contributed by atoms with Gasteiger partial charge in [0.1, 0.15) is 0 Å². The summed E-state index contributed by atoms with van der Waals surface area (Å²) in [4.78, 5) is 19.7. The zero-order valence-electron chi connectivity index (χ0n) is 14.4. The molecule has 0 bridgehead atoms. The SMILES string of the molecule is Cc1ccc(C(=O)N(CC2CCCO2)c2nc3ccc(Br)cc3s2)cc1. The van der Waals surface area contributed by atoms with Gasteiger partial charge in [0.05, 0.1) is 22.9 Å². The summed E-state index contributed by atoms with van der Waals surface area (Å²) >= 11 is 5.04. The van der Waals surface area contributed by atoms with Crippen LogP contribution in [0.4, 0.5) is 5.13 Å². The number of hydrogen-bond acceptors (Lipinski definition) is 4. The fraction of sp³-hybridized carbons (Fsp3) is 0.300. The number of aromatic nitrogens is 1. The summed E-state index contributed by atoms with van der Waals surface area (Å²) < 4.78 is 7.85. The summed E-state index contributed by atoms with van der Waals surface area (Å²) in [5.41, 5.74) is 2.72. The Labute approximate surface area is 164 Å². The first kappa shape index (κ1) is 17.6. The third-order valence-corrected chi connectivity index (χ3v) is 6.06. The largest absolute Gasteiger partial charge is 0.376 e. The number of amides is 1. The van der Waals surface area contributed by atoms with E-state index in [2.05, 4.69) is 15.9 Å². The van der Waals surface area contributed by atoms with Crippen LogP contribution in [-0.4, -0.2) is 30.1 Å². The quantitative estimate of drug-likeness (QED) is 0.571. The molecule has 3 aromatic rings. The van der Waals surface area contributed by atoms with E-state index < -0.39 is 0 Å². The molecule has 0 spiro atoms. The van der Waals surface area contributed by atoms with E-state index in [4.69, 9.17) is 9.72 Å². The molecule has 1 fully saturated rings. The Hall–Kier alpha value is -1.76. The maximum Gasteiger partial charge on any atom is 0.260 e. The molecule has 6 heteroatoms. The van der Waals surface area contributed by atoms with E-state index in [9.17, 15) is 4.79 Å². The predicted octanol–water partition coefficient (Wildman–Crippen LogP) is 5.19. The van der Waals surface area contributed by atoms with E-state index in [0.717, 1.165) is 44.8 Å². The van der Waals surface area contributed by atoms with Crippen molar-refractivity contribution in [1.29, 1.82) is 0 Å². The van der Waals surface area contributed by atoms with Crippen molar-refractivity contribution in [2.45, 2.75) is 25.9 Å². The summed E-state index contributed by atoms with van der Waals surface area (Å²) in [5, 5.41) is 0.721. The molecule has 4 rings (SSSR count). The molecule has 1 aliphatic heterocycles. The van der Waals surface area contributed by atoms with E-state index >= 15 is 0 Å². The first-order valence-corrected chi connectivity index (χ1v) is 10.3. The van der Waals surface area contributed by atoms with Crippen molar-refractivity contribution in [3.05, 3.63) is 58.1 Å². The van der Waals surface area contributed by atoms with Gasteiger partial charge in [-0.2, -0.15) is 0 Å². The summed E-state index contributed by atoms with van der Waals surface area (Å²) in [5.74, 6) is -0.0291. The smallest absolute Gasteiger partial charge is 0.260 e. The number of benzene rings is 2. The minimum absolute atomic E-state index is 0.0291. The van der Waals surface area contributed by atoms with Crippen molar-refractivity contribution >= 4 is 48.5 Å². The molecule has 134 valence electrons. The first-order valence-electron chi connectivity index (χ1n) is 8.66. The molecule has 2 aromatic carbocycles. The number of ether oxygens (including phenoxy) is 1. The molecule has 1 saturated heterocycles. The van der Waals surface area contributed by atoms with Gasteiger partial charge in [-0.15, -0.1) is 0 Å². The van der Waals surface area contributed by atoms with Crippen LogP contribution in [-0.2, 0) is 4.74 Å². The van der Waals surface area contributed by atoms with Gasteiger partial charge in [-0.25, -0.2) is 4.98 Å². The van der Waals surface area contributed by atoms with Crippen LogP contribution in [0.1, 0.15) is 28.8 Å². The van der Waals surface area contributed by atoms with Gasteiger partial charge < -0.3 is 4.74 Å². The number of aryl methyl sites for hydroxylation is 1. The van der Waals surface area contributed by atoms with Crippen LogP contribution in [0.5, 0.6) is 0 Å². The van der Waals surface area contributed by atoms with Gasteiger partial charge in [0.25, 0.3) is 5.91 Å². The number of carbonyl (C=O) groups is 1. The number of halogens is 1. The minimum Gasteiger partial charge on any atom is -0.376 e. The molecule has 1 amide bonds. The standard InChI is InChI=1S/C20H19BrN2O2S/c1-13-4-6-14(7-5-13)19(24)23(12-16-3-2-10-25-16)20-22-17-9-8-15(21)11-18(17)26-20/h4-9,11,16H,2-3,10,12H2,1H3. The molecule has 0 radical (unpaired) electrons. The van der Waals surface area contributed by atoms with Crippen LogP contribution in [0.25, 0.3) is 10.2 Å². The Kier molecular flexibility index (Phi) is 5.07. The molecule has 1 aromatic heterocycles. The number of fused-ring (bicyclic) bond motifs is 1. The van der Waals surface area contributed by atoms with E-state index in [0.29, 0.717) is 12.1 Å². The topological polar surface area (TPSA) is 42.4 Å². The zero-order valence-corrected chi connectivity index (χ0v) is 16.8. The highest BCUT2D eigenvalue weighted by Gasteiger charge is 2.27. The lowest BCUT2D eigenvalue weighted by molar-refractivity contribution is 0.0917. The van der Waals surface area contributed by atoms with Crippen LogP contribution >= 0.6 is 27.3 Å². The summed E-state index contributed by atoms with van der Waals surface area (Å²) in [7, 11) is 0. The van der Waals surface area contributed by atoms with Crippen molar-refractivity contribution in [2.24, 2.45) is 0 Å². The van der Waals surface area contributed by atoms with Gasteiger partial charge in [0, 0.05) is 16.6 Å². The van der Waals surface area contributed by atoms with Gasteiger partial charge in [-0.1, -0.05) is 45.0 Å². The number of thiazole rings is 1. The zero-order chi connectivity index (χ0) is 18.1. The second-order valence-corrected chi connectivity index (χ2v) is 8.45. The molecule has 4 nitrogen and oxygen atoms in total. The van der Waals surface area contributed by atoms with Crippen LogP contribution in [0.15, 0.2) is 46.9 Å². The van der Waals surface area contributed by atoms with Gasteiger partial charge in [-0.05, 0) is 50.1 Å². The second kappa shape index (κ2) is 7.47. The Morgan fingerprint density at radius 3 is 2.85 bits per heavy atom. The van der Waals surface area contributed by atoms with Crippen LogP contribution in [0.3, 0.4) is 0 Å². The molecular weight excluding hydrogens is 412 g/mol. The summed E-state index contributed by atoms with van der Waals surface area (Å²) in [6.07, 6.45) is 2.10. The Morgan fingerprint density at radius 1 is 1.31 bits per heavy atom. The molecule has 2 heterocycles. The van der Waals surface area contributed by atoms with Crippen molar-refractivity contribution < 1.29 is 9.53 Å². The highest BCUT2D eigenvalue weighted by Crippen LogP contribution is 2.32. The fourth-order valence-electron chi connectivity index (χ4n) is 3.09. The molecular formula is C20H19BrN2O2S. The first-order chi connectivity index (χ1) is 12.6. The van der Waals surface area contributed by atoms with Crippen molar-refractivity contribution in [3.8, 4) is 0 Å². The Balaban J connectivity index is 1.70. The lowest BCUT2D eigenvalue weighted by Crippen LogP contribution is -2.37. The molecule has 1 atom stereocenters. The second-order valence-electron chi connectivity index (χ2n) is 6.53. The van der Waals surface area contributed by atoms with Gasteiger partial charge in [-0.3, -0.25) is 9.69 Å². The minimum atomic E-state index is -0.0291. The Morgan fingerprint density at radius 2 is 2.12 bits per heavy atom. The monoisotopic (exact) mass is 430 g/mol. The van der Waals surface area contributed by atoms with Crippen LogP contribution in [0.2, 0.25) is 0 Å². The molecule has 0 saturated carbocycles. The average Bonchev–Trinajstić information content (AvgIpc) is 3.28. The lowest BCUT2D eigenvalue weighted by atomic mass is 10.1. The molecule has 1 unspecified atom stereocenters. The molecule has 0 aliphatic carbocycles. The number of anilines is 1. The number of nitrogens with zero attached hydrogens (tertiary/aromatic N) is 2. The van der Waals surface area contributed by atoms with Gasteiger partial charge in [0.2, 0.25) is 0 Å². The lowest BCUT2D eigenvalue weighted by Gasteiger charge is -2.23. The molecule has 0 N–H and O–H groups in total. The normalized spacial score (nSPS) is 16.9. The average molecular weight is 431 g/mol. The maximum absolute atomic E-state index is 13.2. The Bertz CT molecular complexity index is 933. The van der Waals surface area contributed by atoms with Crippen LogP contribution < -0.4 is 4.90 Å². The van der Waals surface area contributed by atoms with Crippen LogP contribution in [0, 0.1) is 6.92 Å². The van der Waals surface area contributed by atoms with E-state index in [-0.39, 0.29) is 12.0 Å². The van der Waals surface area contributed by atoms with Crippen molar-refractivity contribution in [1.82, 2.24) is 4.98 Å². The molecule has 26 heavy (non-hydrogen) atoms. The number of hydrogen-bond donors (Lipinski definition) is 0. The van der Waals surface area contributed by atoms with Crippen molar-refractivity contribution in [3.63, 3.8) is 0 Å². The summed E-state index contributed by atoms with van der Waals surface area (Å²) in [6, 6.07) is 13.7. The van der Waals surface area contributed by atoms with E-state index in [1.54, 1.807) is 4.90 Å². The van der Waals surface area contributed by atoms with Gasteiger partial charge >= 0.3 is 0 Å². The third kappa shape index (κ3) is 3.68.